The number of halogens is 1. The van der Waals surface area contributed by atoms with Crippen molar-refractivity contribution in [2.75, 3.05) is 18.8 Å². The molecule has 1 fully saturated rings. The molecule has 1 aromatic carbocycles. The molecule has 126 valence electrons. The summed E-state index contributed by atoms with van der Waals surface area (Å²) < 4.78 is 13.9. The van der Waals surface area contributed by atoms with Crippen LogP contribution in [0.15, 0.2) is 40.3 Å². The second kappa shape index (κ2) is 7.17. The first-order chi connectivity index (χ1) is 11.5. The minimum Gasteiger partial charge on any atom is -0.341 e. The second-order valence-electron chi connectivity index (χ2n) is 5.83. The molecule has 1 aliphatic heterocycles. The summed E-state index contributed by atoms with van der Waals surface area (Å²) in [5, 5.41) is 0.443. The Kier molecular flexibility index (Phi) is 4.99. The quantitative estimate of drug-likeness (QED) is 0.681. The van der Waals surface area contributed by atoms with E-state index in [1.165, 1.54) is 23.9 Å². The maximum absolute atomic E-state index is 13.9. The van der Waals surface area contributed by atoms with E-state index in [0.29, 0.717) is 29.5 Å². The molecule has 2 aromatic rings. The number of thioether (sulfide) groups is 1. The first-order valence-corrected chi connectivity index (χ1v) is 8.74. The van der Waals surface area contributed by atoms with Crippen molar-refractivity contribution in [1.29, 1.82) is 0 Å². The lowest BCUT2D eigenvalue weighted by Gasteiger charge is -2.16. The van der Waals surface area contributed by atoms with Crippen LogP contribution in [0.1, 0.15) is 23.6 Å². The average Bonchev–Trinajstić information content (AvgIpc) is 3.02. The molecule has 7 heteroatoms. The molecule has 1 aromatic heterocycles. The molecular weight excluding hydrogens is 329 g/mol. The number of amides is 1. The number of hydrogen-bond acceptors (Lipinski definition) is 4. The number of aromatic amines is 1. The van der Waals surface area contributed by atoms with E-state index in [0.717, 1.165) is 6.42 Å². The Morgan fingerprint density at radius 1 is 1.46 bits per heavy atom. The number of carbonyl (C=O) groups is 1. The van der Waals surface area contributed by atoms with E-state index in [9.17, 15) is 14.0 Å². The Morgan fingerprint density at radius 2 is 2.25 bits per heavy atom. The predicted octanol–water partition coefficient (Wildman–Crippen LogP) is 2.33. The lowest BCUT2D eigenvalue weighted by atomic mass is 9.98. The number of hydrogen-bond donors (Lipinski definition) is 1. The molecule has 0 unspecified atom stereocenters. The van der Waals surface area contributed by atoms with Gasteiger partial charge in [0.15, 0.2) is 5.16 Å². The van der Waals surface area contributed by atoms with Crippen molar-refractivity contribution in [3.8, 4) is 0 Å². The largest absolute Gasteiger partial charge is 0.341 e. The highest BCUT2D eigenvalue weighted by atomic mass is 32.2. The van der Waals surface area contributed by atoms with E-state index in [1.807, 2.05) is 6.07 Å². The highest BCUT2D eigenvalue weighted by Gasteiger charge is 2.28. The van der Waals surface area contributed by atoms with E-state index < -0.39 is 0 Å². The van der Waals surface area contributed by atoms with Crippen molar-refractivity contribution < 1.29 is 9.18 Å². The molecule has 2 heterocycles. The van der Waals surface area contributed by atoms with Gasteiger partial charge in [0.1, 0.15) is 5.82 Å². The second-order valence-corrected chi connectivity index (χ2v) is 6.79. The summed E-state index contributed by atoms with van der Waals surface area (Å²) in [7, 11) is 0. The lowest BCUT2D eigenvalue weighted by molar-refractivity contribution is -0.127. The fourth-order valence-electron chi connectivity index (χ4n) is 2.89. The van der Waals surface area contributed by atoms with Crippen LogP contribution in [0, 0.1) is 12.7 Å². The van der Waals surface area contributed by atoms with E-state index >= 15 is 0 Å². The van der Waals surface area contributed by atoms with Crippen molar-refractivity contribution in [3.63, 3.8) is 0 Å². The molecule has 1 amide bonds. The number of aryl methyl sites for hydroxylation is 1. The molecule has 0 spiro atoms. The van der Waals surface area contributed by atoms with E-state index in [-0.39, 0.29) is 29.0 Å². The van der Waals surface area contributed by atoms with Crippen LogP contribution >= 0.6 is 11.8 Å². The smallest absolute Gasteiger partial charge is 0.251 e. The number of H-pyrrole nitrogens is 1. The van der Waals surface area contributed by atoms with Crippen LogP contribution < -0.4 is 5.56 Å². The number of nitrogens with zero attached hydrogens (tertiary/aromatic N) is 2. The summed E-state index contributed by atoms with van der Waals surface area (Å²) in [5.41, 5.74) is 1.07. The molecular formula is C17H18FN3O2S. The molecule has 1 N–H and O–H groups in total. The Labute approximate surface area is 143 Å². The van der Waals surface area contributed by atoms with E-state index in [1.54, 1.807) is 24.0 Å². The highest BCUT2D eigenvalue weighted by molar-refractivity contribution is 7.99. The zero-order valence-electron chi connectivity index (χ0n) is 13.3. The normalized spacial score (nSPS) is 17.2. The zero-order chi connectivity index (χ0) is 17.1. The topological polar surface area (TPSA) is 66.1 Å². The van der Waals surface area contributed by atoms with E-state index in [4.69, 9.17) is 0 Å². The number of carbonyl (C=O) groups excluding carboxylic acids is 1. The third-order valence-corrected chi connectivity index (χ3v) is 4.92. The number of likely N-dealkylation sites (tertiary alicyclic amines) is 1. The molecule has 0 aliphatic carbocycles. The molecule has 5 nitrogen and oxygen atoms in total. The van der Waals surface area contributed by atoms with Gasteiger partial charge in [-0.25, -0.2) is 9.37 Å². The minimum absolute atomic E-state index is 0.0250. The third kappa shape index (κ3) is 3.84. The summed E-state index contributed by atoms with van der Waals surface area (Å²) in [6.07, 6.45) is 0.761. The van der Waals surface area contributed by atoms with E-state index in [2.05, 4.69) is 9.97 Å². The summed E-state index contributed by atoms with van der Waals surface area (Å²) >= 11 is 1.21. The van der Waals surface area contributed by atoms with Crippen LogP contribution in [0.3, 0.4) is 0 Å². The average molecular weight is 347 g/mol. The molecule has 3 rings (SSSR count). The standard InChI is InChI=1S/C17H18FN3O2S/c1-11-8-15(22)20-17(19-11)24-10-16(23)21-7-6-12(9-21)13-4-2-3-5-14(13)18/h2-5,8,12H,6-7,9-10H2,1H3,(H,19,20,22)/t12-/m0/s1. The first-order valence-electron chi connectivity index (χ1n) is 7.76. The predicted molar refractivity (Wildman–Crippen MR) is 90.7 cm³/mol. The number of aromatic nitrogens is 2. The van der Waals surface area contributed by atoms with Crippen molar-refractivity contribution in [1.82, 2.24) is 14.9 Å². The summed E-state index contributed by atoms with van der Waals surface area (Å²) in [6, 6.07) is 8.13. The highest BCUT2D eigenvalue weighted by Crippen LogP contribution is 2.29. The van der Waals surface area contributed by atoms with Crippen molar-refractivity contribution in [3.05, 3.63) is 57.8 Å². The first kappa shape index (κ1) is 16.7. The van der Waals surface area contributed by atoms with Gasteiger partial charge >= 0.3 is 0 Å². The fourth-order valence-corrected chi connectivity index (χ4v) is 3.71. The van der Waals surface area contributed by atoms with Gasteiger partial charge in [0, 0.05) is 30.8 Å². The van der Waals surface area contributed by atoms with Gasteiger partial charge in [0.05, 0.1) is 5.75 Å². The maximum Gasteiger partial charge on any atom is 0.251 e. The Bertz CT molecular complexity index is 808. The molecule has 1 aliphatic rings. The van der Waals surface area contributed by atoms with Gasteiger partial charge in [-0.05, 0) is 25.0 Å². The Morgan fingerprint density at radius 3 is 3.00 bits per heavy atom. The third-order valence-electron chi connectivity index (χ3n) is 4.07. The van der Waals surface area contributed by atoms with Crippen LogP contribution in [0.25, 0.3) is 0 Å². The summed E-state index contributed by atoms with van der Waals surface area (Å²) in [4.78, 5) is 32.3. The number of rotatable bonds is 4. The van der Waals surface area contributed by atoms with Crippen LogP contribution in [-0.2, 0) is 4.79 Å². The Balaban J connectivity index is 1.59. The summed E-state index contributed by atoms with van der Waals surface area (Å²) in [5.74, 6) is 0.00360. The van der Waals surface area contributed by atoms with Gasteiger partial charge < -0.3 is 9.88 Å². The van der Waals surface area contributed by atoms with Gasteiger partial charge in [-0.2, -0.15) is 0 Å². The van der Waals surface area contributed by atoms with Crippen LogP contribution in [0.2, 0.25) is 0 Å². The Hall–Kier alpha value is -2.15. The molecule has 0 saturated carbocycles. The zero-order valence-corrected chi connectivity index (χ0v) is 14.1. The molecule has 0 bridgehead atoms. The molecule has 1 saturated heterocycles. The van der Waals surface area contributed by atoms with Gasteiger partial charge in [-0.15, -0.1) is 0 Å². The van der Waals surface area contributed by atoms with Crippen molar-refractivity contribution in [2.45, 2.75) is 24.4 Å². The van der Waals surface area contributed by atoms with Crippen LogP contribution in [0.4, 0.5) is 4.39 Å². The van der Waals surface area contributed by atoms with Crippen molar-refractivity contribution >= 4 is 17.7 Å². The lowest BCUT2D eigenvalue weighted by Crippen LogP contribution is -2.30. The SMILES string of the molecule is Cc1cc(=O)[nH]c(SCC(=O)N2CC[C@H](c3ccccc3F)C2)n1. The molecule has 1 atom stereocenters. The number of nitrogens with one attached hydrogen (secondary N) is 1. The van der Waals surface area contributed by atoms with Gasteiger partial charge in [-0.3, -0.25) is 9.59 Å². The maximum atomic E-state index is 13.9. The molecule has 0 radical (unpaired) electrons. The van der Waals surface area contributed by atoms with Crippen LogP contribution in [-0.4, -0.2) is 39.6 Å². The van der Waals surface area contributed by atoms with Gasteiger partial charge in [0.25, 0.3) is 5.56 Å². The molecule has 24 heavy (non-hydrogen) atoms. The fraction of sp³-hybridized carbons (Fsp3) is 0.353. The summed E-state index contributed by atoms with van der Waals surface area (Å²) in [6.45, 7) is 2.88. The minimum atomic E-state index is -0.224. The van der Waals surface area contributed by atoms with Gasteiger partial charge in [-0.1, -0.05) is 30.0 Å². The van der Waals surface area contributed by atoms with Gasteiger partial charge in [0.2, 0.25) is 5.91 Å². The van der Waals surface area contributed by atoms with Crippen molar-refractivity contribution in [2.24, 2.45) is 0 Å². The number of benzene rings is 1. The van der Waals surface area contributed by atoms with Crippen LogP contribution in [0.5, 0.6) is 0 Å². The monoisotopic (exact) mass is 347 g/mol.